The Hall–Kier alpha value is -2.82. The number of benzene rings is 2. The van der Waals surface area contributed by atoms with Crippen LogP contribution in [0.3, 0.4) is 0 Å². The summed E-state index contributed by atoms with van der Waals surface area (Å²) in [6, 6.07) is 16.8. The van der Waals surface area contributed by atoms with Crippen LogP contribution in [0.25, 0.3) is 0 Å². The molecule has 0 radical (unpaired) electrons. The minimum Gasteiger partial charge on any atom is -0.489 e. The van der Waals surface area contributed by atoms with Crippen molar-refractivity contribution in [2.75, 3.05) is 13.1 Å². The van der Waals surface area contributed by atoms with E-state index in [9.17, 15) is 9.59 Å². The minimum absolute atomic E-state index is 0.115. The predicted molar refractivity (Wildman–Crippen MR) is 88.2 cm³/mol. The second kappa shape index (κ2) is 8.58. The molecule has 0 heterocycles. The summed E-state index contributed by atoms with van der Waals surface area (Å²) >= 11 is 0. The van der Waals surface area contributed by atoms with E-state index in [0.29, 0.717) is 25.3 Å². The number of nitrogens with one attached hydrogen (secondary N) is 2. The lowest BCUT2D eigenvalue weighted by Crippen LogP contribution is -2.34. The van der Waals surface area contributed by atoms with Gasteiger partial charge in [0.15, 0.2) is 0 Å². The van der Waals surface area contributed by atoms with Gasteiger partial charge in [-0.25, -0.2) is 0 Å². The summed E-state index contributed by atoms with van der Waals surface area (Å²) in [7, 11) is 0. The van der Waals surface area contributed by atoms with Crippen molar-refractivity contribution in [3.05, 3.63) is 65.7 Å². The van der Waals surface area contributed by atoms with Gasteiger partial charge in [0, 0.05) is 31.1 Å². The molecule has 5 nitrogen and oxygen atoms in total. The first-order valence-electron chi connectivity index (χ1n) is 7.45. The molecule has 0 aliphatic carbocycles. The van der Waals surface area contributed by atoms with Gasteiger partial charge in [0.05, 0.1) is 0 Å². The van der Waals surface area contributed by atoms with E-state index in [-0.39, 0.29) is 11.8 Å². The molecule has 23 heavy (non-hydrogen) atoms. The lowest BCUT2D eigenvalue weighted by Gasteiger charge is -2.11. The third-order valence-corrected chi connectivity index (χ3v) is 3.18. The smallest absolute Gasteiger partial charge is 0.251 e. The molecular weight excluding hydrogens is 292 g/mol. The molecule has 2 rings (SSSR count). The minimum atomic E-state index is -0.178. The quantitative estimate of drug-likeness (QED) is 0.770. The molecule has 0 saturated heterocycles. The molecule has 0 aliphatic rings. The Bertz CT molecular complexity index is 656. The molecule has 0 atom stereocenters. The van der Waals surface area contributed by atoms with Crippen molar-refractivity contribution >= 4 is 11.8 Å². The van der Waals surface area contributed by atoms with Gasteiger partial charge in [-0.15, -0.1) is 0 Å². The number of hydrogen-bond donors (Lipinski definition) is 2. The number of rotatable bonds is 7. The largest absolute Gasteiger partial charge is 0.489 e. The third kappa shape index (κ3) is 5.47. The Balaban J connectivity index is 1.93. The Morgan fingerprint density at radius 2 is 1.57 bits per heavy atom. The standard InChI is InChI=1S/C18H20N2O3/c1-14(21)19-11-12-20-18(22)17-10-6-5-7-15(17)13-23-16-8-3-2-4-9-16/h2-10H,11-13H2,1H3,(H,19,21)(H,20,22). The maximum atomic E-state index is 12.2. The van der Waals surface area contributed by atoms with Crippen molar-refractivity contribution in [1.82, 2.24) is 10.6 Å². The van der Waals surface area contributed by atoms with Crippen LogP contribution in [0.15, 0.2) is 54.6 Å². The van der Waals surface area contributed by atoms with E-state index in [0.717, 1.165) is 11.3 Å². The van der Waals surface area contributed by atoms with Crippen LogP contribution < -0.4 is 15.4 Å². The number of ether oxygens (including phenoxy) is 1. The van der Waals surface area contributed by atoms with Crippen molar-refractivity contribution < 1.29 is 14.3 Å². The van der Waals surface area contributed by atoms with Crippen LogP contribution in [-0.4, -0.2) is 24.9 Å². The summed E-state index contributed by atoms with van der Waals surface area (Å²) < 4.78 is 5.70. The summed E-state index contributed by atoms with van der Waals surface area (Å²) in [5, 5.41) is 5.42. The van der Waals surface area contributed by atoms with E-state index >= 15 is 0 Å². The number of hydrogen-bond acceptors (Lipinski definition) is 3. The van der Waals surface area contributed by atoms with Crippen LogP contribution in [0.5, 0.6) is 5.75 Å². The summed E-state index contributed by atoms with van der Waals surface area (Å²) in [6.45, 7) is 2.55. The molecule has 5 heteroatoms. The number of amides is 2. The van der Waals surface area contributed by atoms with Crippen molar-refractivity contribution in [2.45, 2.75) is 13.5 Å². The van der Waals surface area contributed by atoms with Gasteiger partial charge in [-0.05, 0) is 18.2 Å². The molecule has 0 spiro atoms. The van der Waals surface area contributed by atoms with Crippen molar-refractivity contribution in [1.29, 1.82) is 0 Å². The van der Waals surface area contributed by atoms with Gasteiger partial charge in [0.2, 0.25) is 5.91 Å². The monoisotopic (exact) mass is 312 g/mol. The average molecular weight is 312 g/mol. The maximum Gasteiger partial charge on any atom is 0.251 e. The van der Waals surface area contributed by atoms with Crippen LogP contribution in [0.4, 0.5) is 0 Å². The van der Waals surface area contributed by atoms with E-state index in [2.05, 4.69) is 10.6 Å². The fraction of sp³-hybridized carbons (Fsp3) is 0.222. The Morgan fingerprint density at radius 1 is 0.913 bits per heavy atom. The highest BCUT2D eigenvalue weighted by Crippen LogP contribution is 2.14. The van der Waals surface area contributed by atoms with Crippen molar-refractivity contribution in [2.24, 2.45) is 0 Å². The first-order valence-corrected chi connectivity index (χ1v) is 7.45. The van der Waals surface area contributed by atoms with E-state index in [1.54, 1.807) is 6.07 Å². The van der Waals surface area contributed by atoms with Gasteiger partial charge in [0.1, 0.15) is 12.4 Å². The SMILES string of the molecule is CC(=O)NCCNC(=O)c1ccccc1COc1ccccc1. The van der Waals surface area contributed by atoms with Crippen LogP contribution in [0.2, 0.25) is 0 Å². The summed E-state index contributed by atoms with van der Waals surface area (Å²) in [5.41, 5.74) is 1.39. The van der Waals surface area contributed by atoms with Crippen LogP contribution in [-0.2, 0) is 11.4 Å². The molecule has 0 saturated carbocycles. The second-order valence-corrected chi connectivity index (χ2v) is 5.00. The van der Waals surface area contributed by atoms with E-state index in [1.165, 1.54) is 6.92 Å². The number of para-hydroxylation sites is 1. The number of carbonyl (C=O) groups is 2. The zero-order valence-electron chi connectivity index (χ0n) is 13.0. The molecule has 2 aromatic rings. The normalized spacial score (nSPS) is 9.96. The van der Waals surface area contributed by atoms with Crippen molar-refractivity contribution in [3.8, 4) is 5.75 Å². The molecule has 2 amide bonds. The van der Waals surface area contributed by atoms with Crippen LogP contribution >= 0.6 is 0 Å². The first kappa shape index (κ1) is 16.5. The van der Waals surface area contributed by atoms with Crippen molar-refractivity contribution in [3.63, 3.8) is 0 Å². The topological polar surface area (TPSA) is 67.4 Å². The Labute approximate surface area is 135 Å². The molecule has 2 N–H and O–H groups in total. The second-order valence-electron chi connectivity index (χ2n) is 5.00. The van der Waals surface area contributed by atoms with Gasteiger partial charge in [-0.3, -0.25) is 9.59 Å². The first-order chi connectivity index (χ1) is 11.2. The van der Waals surface area contributed by atoms with Gasteiger partial charge in [0.25, 0.3) is 5.91 Å². The zero-order chi connectivity index (χ0) is 16.5. The predicted octanol–water partition coefficient (Wildman–Crippen LogP) is 2.13. The molecule has 120 valence electrons. The maximum absolute atomic E-state index is 12.2. The molecule has 0 unspecified atom stereocenters. The van der Waals surface area contributed by atoms with E-state index < -0.39 is 0 Å². The van der Waals surface area contributed by atoms with Crippen LogP contribution in [0.1, 0.15) is 22.8 Å². The summed E-state index contributed by atoms with van der Waals surface area (Å²) in [6.07, 6.45) is 0. The molecule has 0 fully saturated rings. The molecule has 2 aromatic carbocycles. The van der Waals surface area contributed by atoms with E-state index in [4.69, 9.17) is 4.74 Å². The molecular formula is C18H20N2O3. The van der Waals surface area contributed by atoms with Gasteiger partial charge in [-0.2, -0.15) is 0 Å². The Kier molecular flexibility index (Phi) is 6.17. The average Bonchev–Trinajstić information content (AvgIpc) is 2.58. The van der Waals surface area contributed by atoms with Gasteiger partial charge >= 0.3 is 0 Å². The third-order valence-electron chi connectivity index (χ3n) is 3.18. The highest BCUT2D eigenvalue weighted by Gasteiger charge is 2.10. The Morgan fingerprint density at radius 3 is 2.30 bits per heavy atom. The van der Waals surface area contributed by atoms with Gasteiger partial charge < -0.3 is 15.4 Å². The summed E-state index contributed by atoms with van der Waals surface area (Å²) in [5.74, 6) is 0.465. The fourth-order valence-corrected chi connectivity index (χ4v) is 2.06. The van der Waals surface area contributed by atoms with E-state index in [1.807, 2.05) is 48.5 Å². The highest BCUT2D eigenvalue weighted by molar-refractivity contribution is 5.95. The number of carbonyl (C=O) groups excluding carboxylic acids is 2. The van der Waals surface area contributed by atoms with Crippen LogP contribution in [0, 0.1) is 0 Å². The zero-order valence-corrected chi connectivity index (χ0v) is 13.0. The lowest BCUT2D eigenvalue weighted by atomic mass is 10.1. The summed E-state index contributed by atoms with van der Waals surface area (Å²) in [4.78, 5) is 23.0. The molecule has 0 aliphatic heterocycles. The highest BCUT2D eigenvalue weighted by atomic mass is 16.5. The van der Waals surface area contributed by atoms with Gasteiger partial charge in [-0.1, -0.05) is 36.4 Å². The lowest BCUT2D eigenvalue weighted by molar-refractivity contribution is -0.118. The molecule has 0 bridgehead atoms. The molecule has 0 aromatic heterocycles. The fourth-order valence-electron chi connectivity index (χ4n) is 2.06.